The Morgan fingerprint density at radius 3 is 2.61 bits per heavy atom. The Labute approximate surface area is 180 Å². The van der Waals surface area contributed by atoms with Crippen LogP contribution in [0.25, 0.3) is 5.69 Å². The number of hydrogen-bond acceptors (Lipinski definition) is 4. The molecule has 9 heteroatoms. The molecule has 0 aliphatic heterocycles. The molecule has 1 amide bonds. The molecular formula is C19H23IN6O2. The number of carbonyl (C=O) groups is 1. The molecule has 3 aromatic rings. The van der Waals surface area contributed by atoms with E-state index in [1.54, 1.807) is 25.4 Å². The second kappa shape index (κ2) is 10.5. The molecule has 0 spiro atoms. The van der Waals surface area contributed by atoms with Crippen LogP contribution in [0.5, 0.6) is 0 Å². The van der Waals surface area contributed by atoms with E-state index >= 15 is 0 Å². The number of aliphatic imine (C=N–C) groups is 1. The number of halogens is 1. The molecule has 0 aliphatic carbocycles. The van der Waals surface area contributed by atoms with E-state index in [9.17, 15) is 4.79 Å². The van der Waals surface area contributed by atoms with E-state index in [1.165, 1.54) is 5.56 Å². The Kier molecular flexibility index (Phi) is 8.05. The van der Waals surface area contributed by atoms with Crippen LogP contribution in [0.15, 0.2) is 64.3 Å². The number of rotatable bonds is 7. The number of amides is 1. The Bertz CT molecular complexity index is 903. The van der Waals surface area contributed by atoms with Crippen LogP contribution in [0.1, 0.15) is 21.9 Å². The SMILES string of the molecule is CN=C(NCCc1ccc(-n2cccn2)cc1)NCc1ccc(C(N)=O)o1.I. The fourth-order valence-corrected chi connectivity index (χ4v) is 2.56. The number of nitrogens with two attached hydrogens (primary N) is 1. The third kappa shape index (κ3) is 5.84. The van der Waals surface area contributed by atoms with Crippen LogP contribution >= 0.6 is 24.0 Å². The first-order chi connectivity index (χ1) is 13.2. The largest absolute Gasteiger partial charge is 0.454 e. The third-order valence-electron chi connectivity index (χ3n) is 3.97. The molecule has 0 atom stereocenters. The van der Waals surface area contributed by atoms with Crippen molar-refractivity contribution in [3.63, 3.8) is 0 Å². The van der Waals surface area contributed by atoms with Gasteiger partial charge < -0.3 is 20.8 Å². The Morgan fingerprint density at radius 1 is 1.21 bits per heavy atom. The topological polar surface area (TPSA) is 110 Å². The van der Waals surface area contributed by atoms with Crippen molar-refractivity contribution >= 4 is 35.8 Å². The molecule has 0 aliphatic rings. The summed E-state index contributed by atoms with van der Waals surface area (Å²) in [4.78, 5) is 15.2. The van der Waals surface area contributed by atoms with Gasteiger partial charge in [-0.25, -0.2) is 4.68 Å². The van der Waals surface area contributed by atoms with E-state index < -0.39 is 5.91 Å². The van der Waals surface area contributed by atoms with Crippen LogP contribution in [-0.2, 0) is 13.0 Å². The van der Waals surface area contributed by atoms with E-state index in [-0.39, 0.29) is 29.7 Å². The van der Waals surface area contributed by atoms with Crippen molar-refractivity contribution < 1.29 is 9.21 Å². The predicted molar refractivity (Wildman–Crippen MR) is 118 cm³/mol. The Morgan fingerprint density at radius 2 is 2.00 bits per heavy atom. The molecule has 28 heavy (non-hydrogen) atoms. The van der Waals surface area contributed by atoms with E-state index in [4.69, 9.17) is 10.2 Å². The zero-order chi connectivity index (χ0) is 19.1. The molecule has 8 nitrogen and oxygen atoms in total. The lowest BCUT2D eigenvalue weighted by molar-refractivity contribution is 0.0972. The van der Waals surface area contributed by atoms with Crippen LogP contribution in [0, 0.1) is 0 Å². The van der Waals surface area contributed by atoms with Gasteiger partial charge in [0.25, 0.3) is 5.91 Å². The Balaban J connectivity index is 0.00000280. The predicted octanol–water partition coefficient (Wildman–Crippen LogP) is 2.09. The molecule has 0 fully saturated rings. The molecule has 0 saturated carbocycles. The first-order valence-corrected chi connectivity index (χ1v) is 8.57. The molecular weight excluding hydrogens is 471 g/mol. The van der Waals surface area contributed by atoms with Crippen molar-refractivity contribution in [1.82, 2.24) is 20.4 Å². The van der Waals surface area contributed by atoms with Gasteiger partial charge in [0.2, 0.25) is 0 Å². The van der Waals surface area contributed by atoms with E-state index in [2.05, 4.69) is 32.9 Å². The monoisotopic (exact) mass is 494 g/mol. The van der Waals surface area contributed by atoms with E-state index in [0.29, 0.717) is 18.3 Å². The van der Waals surface area contributed by atoms with Crippen molar-refractivity contribution in [3.05, 3.63) is 71.9 Å². The van der Waals surface area contributed by atoms with Crippen LogP contribution in [0.2, 0.25) is 0 Å². The number of aromatic nitrogens is 2. The average Bonchev–Trinajstić information content (AvgIpc) is 3.37. The highest BCUT2D eigenvalue weighted by molar-refractivity contribution is 14.0. The molecule has 2 heterocycles. The number of benzene rings is 1. The molecule has 2 aromatic heterocycles. The number of furan rings is 1. The fraction of sp³-hybridized carbons (Fsp3) is 0.211. The van der Waals surface area contributed by atoms with Gasteiger partial charge in [-0.3, -0.25) is 9.79 Å². The van der Waals surface area contributed by atoms with Crippen LogP contribution in [0.3, 0.4) is 0 Å². The summed E-state index contributed by atoms with van der Waals surface area (Å²) in [6.07, 6.45) is 4.53. The van der Waals surface area contributed by atoms with Crippen LogP contribution < -0.4 is 16.4 Å². The normalized spacial score (nSPS) is 11.0. The fourth-order valence-electron chi connectivity index (χ4n) is 2.56. The summed E-state index contributed by atoms with van der Waals surface area (Å²) in [7, 11) is 1.70. The van der Waals surface area contributed by atoms with E-state index in [1.807, 2.05) is 29.1 Å². The lowest BCUT2D eigenvalue weighted by Gasteiger charge is -2.11. The lowest BCUT2D eigenvalue weighted by atomic mass is 10.1. The molecule has 0 bridgehead atoms. The third-order valence-corrected chi connectivity index (χ3v) is 3.97. The number of guanidine groups is 1. The molecule has 3 rings (SSSR count). The van der Waals surface area contributed by atoms with Crippen molar-refractivity contribution in [3.8, 4) is 5.69 Å². The second-order valence-corrected chi connectivity index (χ2v) is 5.85. The summed E-state index contributed by atoms with van der Waals surface area (Å²) in [5.41, 5.74) is 7.42. The van der Waals surface area contributed by atoms with Crippen molar-refractivity contribution in [2.75, 3.05) is 13.6 Å². The zero-order valence-electron chi connectivity index (χ0n) is 15.5. The minimum atomic E-state index is -0.581. The van der Waals surface area contributed by atoms with Gasteiger partial charge in [0.1, 0.15) is 5.76 Å². The minimum Gasteiger partial charge on any atom is -0.454 e. The van der Waals surface area contributed by atoms with Gasteiger partial charge in [0.05, 0.1) is 12.2 Å². The molecule has 4 N–H and O–H groups in total. The number of primary amides is 1. The van der Waals surface area contributed by atoms with Gasteiger partial charge >= 0.3 is 0 Å². The van der Waals surface area contributed by atoms with Gasteiger partial charge in [0.15, 0.2) is 11.7 Å². The summed E-state index contributed by atoms with van der Waals surface area (Å²) in [5, 5.41) is 10.6. The highest BCUT2D eigenvalue weighted by Crippen LogP contribution is 2.09. The van der Waals surface area contributed by atoms with Crippen molar-refractivity contribution in [2.24, 2.45) is 10.7 Å². The van der Waals surface area contributed by atoms with E-state index in [0.717, 1.165) is 18.7 Å². The van der Waals surface area contributed by atoms with Crippen LogP contribution in [-0.4, -0.2) is 35.2 Å². The molecule has 148 valence electrons. The molecule has 1 aromatic carbocycles. The highest BCUT2D eigenvalue weighted by atomic mass is 127. The molecule has 0 radical (unpaired) electrons. The first-order valence-electron chi connectivity index (χ1n) is 8.57. The van der Waals surface area contributed by atoms with Crippen LogP contribution in [0.4, 0.5) is 0 Å². The maximum Gasteiger partial charge on any atom is 0.284 e. The minimum absolute atomic E-state index is 0. The quantitative estimate of drug-likeness (QED) is 0.265. The molecule has 0 saturated heterocycles. The summed E-state index contributed by atoms with van der Waals surface area (Å²) in [6, 6.07) is 13.4. The number of nitrogens with one attached hydrogen (secondary N) is 2. The smallest absolute Gasteiger partial charge is 0.284 e. The van der Waals surface area contributed by atoms with Gasteiger partial charge in [0, 0.05) is 26.0 Å². The summed E-state index contributed by atoms with van der Waals surface area (Å²) < 4.78 is 7.15. The average molecular weight is 494 g/mol. The van der Waals surface area contributed by atoms with Gasteiger partial charge in [-0.1, -0.05) is 12.1 Å². The summed E-state index contributed by atoms with van der Waals surface area (Å²) in [5.74, 6) is 0.830. The molecule has 0 unspecified atom stereocenters. The van der Waals surface area contributed by atoms with Gasteiger partial charge in [-0.2, -0.15) is 5.10 Å². The van der Waals surface area contributed by atoms with Gasteiger partial charge in [-0.05, 0) is 42.3 Å². The summed E-state index contributed by atoms with van der Waals surface area (Å²) >= 11 is 0. The maximum absolute atomic E-state index is 11.0. The standard InChI is InChI=1S/C19H22N6O2.HI/c1-21-19(23-13-16-7-8-17(27-16)18(20)26)22-11-9-14-3-5-15(6-4-14)25-12-2-10-24-25;/h2-8,10,12H,9,11,13H2,1H3,(H2,20,26)(H2,21,22,23);1H. The van der Waals surface area contributed by atoms with Gasteiger partial charge in [-0.15, -0.1) is 24.0 Å². The summed E-state index contributed by atoms with van der Waals surface area (Å²) in [6.45, 7) is 1.14. The maximum atomic E-state index is 11.0. The lowest BCUT2D eigenvalue weighted by Crippen LogP contribution is -2.37. The number of carbonyl (C=O) groups excluding carboxylic acids is 1. The number of nitrogens with zero attached hydrogens (tertiary/aromatic N) is 3. The number of hydrogen-bond donors (Lipinski definition) is 3. The second-order valence-electron chi connectivity index (χ2n) is 5.85. The highest BCUT2D eigenvalue weighted by Gasteiger charge is 2.07. The Hall–Kier alpha value is -2.82. The van der Waals surface area contributed by atoms with Crippen molar-refractivity contribution in [2.45, 2.75) is 13.0 Å². The first kappa shape index (κ1) is 21.5. The van der Waals surface area contributed by atoms with Crippen molar-refractivity contribution in [1.29, 1.82) is 0 Å². The zero-order valence-corrected chi connectivity index (χ0v) is 17.8.